The summed E-state index contributed by atoms with van der Waals surface area (Å²) >= 11 is 0. The summed E-state index contributed by atoms with van der Waals surface area (Å²) in [5, 5.41) is 11.9. The van der Waals surface area contributed by atoms with Gasteiger partial charge < -0.3 is 10.4 Å². The lowest BCUT2D eigenvalue weighted by Crippen LogP contribution is -2.20. The van der Waals surface area contributed by atoms with E-state index < -0.39 is 14.4 Å². The molecule has 17 heavy (non-hydrogen) atoms. The molecule has 7 heteroatoms. The molecule has 0 saturated carbocycles. The quantitative estimate of drug-likeness (QED) is 0.540. The highest BCUT2D eigenvalue weighted by Gasteiger charge is 2.19. The van der Waals surface area contributed by atoms with Crippen LogP contribution in [0, 0.1) is 0 Å². The van der Waals surface area contributed by atoms with Crippen molar-refractivity contribution < 1.29 is 18.1 Å². The Kier molecular flexibility index (Phi) is 5.26. The van der Waals surface area contributed by atoms with Crippen LogP contribution < -0.4 is 5.32 Å². The Hall–Kier alpha value is -0.760. The van der Waals surface area contributed by atoms with Gasteiger partial charge >= 0.3 is 9.15 Å². The number of aromatic hydroxyl groups is 1. The van der Waals surface area contributed by atoms with Crippen LogP contribution in [-0.2, 0) is 9.15 Å². The van der Waals surface area contributed by atoms with E-state index in [9.17, 15) is 13.5 Å². The van der Waals surface area contributed by atoms with Gasteiger partial charge in [0, 0.05) is 17.3 Å². The molecule has 0 bridgehead atoms. The van der Waals surface area contributed by atoms with E-state index in [-0.39, 0.29) is 5.75 Å². The summed E-state index contributed by atoms with van der Waals surface area (Å²) < 4.78 is 30.6. The topological polar surface area (TPSA) is 86.6 Å². The van der Waals surface area contributed by atoms with Gasteiger partial charge in [-0.2, -0.15) is 8.42 Å². The van der Waals surface area contributed by atoms with Crippen molar-refractivity contribution in [2.45, 2.75) is 12.2 Å². The van der Waals surface area contributed by atoms with Crippen LogP contribution in [0.2, 0.25) is 0 Å². The summed E-state index contributed by atoms with van der Waals surface area (Å²) in [6.07, 6.45) is 0. The van der Waals surface area contributed by atoms with Crippen LogP contribution in [0.1, 0.15) is 17.7 Å². The Morgan fingerprint density at radius 3 is 2.71 bits per heavy atom. The number of rotatable bonds is 6. The molecular weight excluding hydrogens is 262 g/mol. The predicted molar refractivity (Wildman–Crippen MR) is 68.5 cm³/mol. The Labute approximate surface area is 104 Å². The summed E-state index contributed by atoms with van der Waals surface area (Å²) in [4.78, 5) is 0. The molecule has 1 rings (SSSR count). The van der Waals surface area contributed by atoms with Crippen LogP contribution in [0.5, 0.6) is 5.75 Å². The van der Waals surface area contributed by atoms with E-state index in [2.05, 4.69) is 5.32 Å². The highest BCUT2D eigenvalue weighted by Crippen LogP contribution is 2.33. The fourth-order valence-electron chi connectivity index (χ4n) is 1.35. The second-order valence-electron chi connectivity index (χ2n) is 3.42. The van der Waals surface area contributed by atoms with E-state index >= 15 is 0 Å². The van der Waals surface area contributed by atoms with Crippen LogP contribution in [0.3, 0.4) is 0 Å². The van der Waals surface area contributed by atoms with Gasteiger partial charge in [0.15, 0.2) is 0 Å². The van der Waals surface area contributed by atoms with Gasteiger partial charge in [-0.05, 0) is 24.2 Å². The summed E-state index contributed by atoms with van der Waals surface area (Å²) in [7, 11) is -3.66. The largest absolute Gasteiger partial charge is 0.508 e. The van der Waals surface area contributed by atoms with E-state index in [1.807, 2.05) is 6.92 Å². The van der Waals surface area contributed by atoms with E-state index in [0.717, 1.165) is 0 Å². The number of phenolic OH excluding ortho intramolecular Hbond substituents is 1. The monoisotopic (exact) mass is 277 g/mol. The van der Waals surface area contributed by atoms with Crippen molar-refractivity contribution in [1.29, 1.82) is 0 Å². The lowest BCUT2D eigenvalue weighted by molar-refractivity contribution is 0.474. The van der Waals surface area contributed by atoms with Crippen LogP contribution in [0.4, 0.5) is 0 Å². The highest BCUT2D eigenvalue weighted by molar-refractivity contribution is 8.70. The smallest absolute Gasteiger partial charge is 0.320 e. The first-order valence-corrected chi connectivity index (χ1v) is 7.91. The SMILES string of the molecule is CCNCC(SS(=O)(=O)O)c1cccc(O)c1. The molecule has 96 valence electrons. The normalized spacial score (nSPS) is 13.5. The molecule has 0 heterocycles. The third-order valence-electron chi connectivity index (χ3n) is 2.06. The third kappa shape index (κ3) is 5.40. The zero-order valence-electron chi connectivity index (χ0n) is 9.33. The molecule has 0 amide bonds. The van der Waals surface area contributed by atoms with Gasteiger partial charge in [0.1, 0.15) is 5.75 Å². The first-order valence-electron chi connectivity index (χ1n) is 5.07. The molecule has 0 fully saturated rings. The highest BCUT2D eigenvalue weighted by atomic mass is 33.1. The number of hydrogen-bond donors (Lipinski definition) is 3. The van der Waals surface area contributed by atoms with Gasteiger partial charge in [0.25, 0.3) is 0 Å². The predicted octanol–water partition coefficient (Wildman–Crippen LogP) is 1.58. The number of phenols is 1. The maximum Gasteiger partial charge on any atom is 0.320 e. The van der Waals surface area contributed by atoms with Crippen molar-refractivity contribution in [3.8, 4) is 5.75 Å². The van der Waals surface area contributed by atoms with Crippen molar-refractivity contribution in [3.05, 3.63) is 29.8 Å². The zero-order valence-corrected chi connectivity index (χ0v) is 11.0. The minimum Gasteiger partial charge on any atom is -0.508 e. The molecule has 1 aromatic rings. The molecule has 1 atom stereocenters. The Balaban J connectivity index is 2.89. The van der Waals surface area contributed by atoms with E-state index in [4.69, 9.17) is 4.55 Å². The van der Waals surface area contributed by atoms with Gasteiger partial charge in [-0.15, -0.1) is 0 Å². The molecule has 0 saturated heterocycles. The average Bonchev–Trinajstić information content (AvgIpc) is 2.22. The first kappa shape index (κ1) is 14.3. The van der Waals surface area contributed by atoms with Crippen molar-refractivity contribution >= 4 is 19.9 Å². The average molecular weight is 277 g/mol. The number of nitrogens with one attached hydrogen (secondary N) is 1. The van der Waals surface area contributed by atoms with E-state index in [0.29, 0.717) is 29.4 Å². The second-order valence-corrected chi connectivity index (χ2v) is 6.87. The molecule has 5 nitrogen and oxygen atoms in total. The number of hydrogen-bond acceptors (Lipinski definition) is 5. The fraction of sp³-hybridized carbons (Fsp3) is 0.400. The fourth-order valence-corrected chi connectivity index (χ4v) is 3.51. The number of likely N-dealkylation sites (N-methyl/N-ethyl adjacent to an activating group) is 1. The van der Waals surface area contributed by atoms with Gasteiger partial charge in [0.05, 0.1) is 5.25 Å². The van der Waals surface area contributed by atoms with Crippen molar-refractivity contribution in [2.75, 3.05) is 13.1 Å². The third-order valence-corrected chi connectivity index (χ3v) is 4.40. The molecule has 0 radical (unpaired) electrons. The molecule has 3 N–H and O–H groups in total. The van der Waals surface area contributed by atoms with Crippen LogP contribution in [-0.4, -0.2) is 31.2 Å². The summed E-state index contributed by atoms with van der Waals surface area (Å²) in [5.41, 5.74) is 0.647. The first-order chi connectivity index (χ1) is 7.92. The summed E-state index contributed by atoms with van der Waals surface area (Å²) in [5.74, 6) is 0.0694. The van der Waals surface area contributed by atoms with Crippen LogP contribution >= 0.6 is 10.8 Å². The summed E-state index contributed by atoms with van der Waals surface area (Å²) in [6, 6.07) is 6.33. The van der Waals surface area contributed by atoms with Crippen molar-refractivity contribution in [1.82, 2.24) is 5.32 Å². The molecule has 0 aliphatic heterocycles. The van der Waals surface area contributed by atoms with Gasteiger partial charge in [0.2, 0.25) is 0 Å². The number of benzene rings is 1. The maximum absolute atomic E-state index is 10.9. The minimum atomic E-state index is -4.12. The molecule has 0 aliphatic carbocycles. The maximum atomic E-state index is 10.9. The Bertz CT molecular complexity index is 461. The van der Waals surface area contributed by atoms with Gasteiger partial charge in [-0.1, -0.05) is 19.1 Å². The Morgan fingerprint density at radius 2 is 2.18 bits per heavy atom. The van der Waals surface area contributed by atoms with Crippen LogP contribution in [0.15, 0.2) is 24.3 Å². The Morgan fingerprint density at radius 1 is 1.47 bits per heavy atom. The molecule has 0 aromatic heterocycles. The molecule has 1 unspecified atom stereocenters. The molecule has 0 aliphatic rings. The molecular formula is C10H15NO4S2. The van der Waals surface area contributed by atoms with Gasteiger partial charge in [-0.25, -0.2) is 0 Å². The molecule has 0 spiro atoms. The van der Waals surface area contributed by atoms with Crippen LogP contribution in [0.25, 0.3) is 0 Å². The van der Waals surface area contributed by atoms with E-state index in [1.165, 1.54) is 12.1 Å². The van der Waals surface area contributed by atoms with Gasteiger partial charge in [-0.3, -0.25) is 4.55 Å². The van der Waals surface area contributed by atoms with E-state index in [1.54, 1.807) is 12.1 Å². The summed E-state index contributed by atoms with van der Waals surface area (Å²) in [6.45, 7) is 2.99. The van der Waals surface area contributed by atoms with Crippen molar-refractivity contribution in [2.24, 2.45) is 0 Å². The zero-order chi connectivity index (χ0) is 12.9. The minimum absolute atomic E-state index is 0.0694. The molecule has 1 aromatic carbocycles. The lowest BCUT2D eigenvalue weighted by Gasteiger charge is -2.15. The lowest BCUT2D eigenvalue weighted by atomic mass is 10.1. The second kappa shape index (κ2) is 6.25. The standard InChI is InChI=1S/C10H15NO4S2/c1-2-11-7-10(16-17(13,14)15)8-4-3-5-9(12)6-8/h3-6,10-12H,2,7H2,1H3,(H,13,14,15). The van der Waals surface area contributed by atoms with Crippen molar-refractivity contribution in [3.63, 3.8) is 0 Å².